The molecule has 2 atom stereocenters. The van der Waals surface area contributed by atoms with Crippen LogP contribution in [-0.4, -0.2) is 47.0 Å². The number of fused-ring (bicyclic) bond motifs is 1. The van der Waals surface area contributed by atoms with Crippen molar-refractivity contribution in [3.8, 4) is 0 Å². The third-order valence-corrected chi connectivity index (χ3v) is 3.85. The topological polar surface area (TPSA) is 49.3 Å². The molecule has 1 amide bonds. The number of carbonyl (C=O) groups is 1. The van der Waals surface area contributed by atoms with E-state index in [1.165, 1.54) is 6.42 Å². The zero-order valence-corrected chi connectivity index (χ0v) is 9.70. The quantitative estimate of drug-likeness (QED) is 0.698. The Morgan fingerprint density at radius 2 is 2.00 bits per heavy atom. The molecule has 3 rings (SSSR count). The Morgan fingerprint density at radius 1 is 1.24 bits per heavy atom. The number of likely N-dealkylation sites (tertiary alicyclic amines) is 1. The Morgan fingerprint density at radius 3 is 2.76 bits per heavy atom. The van der Waals surface area contributed by atoms with Crippen LogP contribution in [0.1, 0.15) is 12.8 Å². The van der Waals surface area contributed by atoms with Crippen LogP contribution in [0.4, 0.5) is 5.95 Å². The van der Waals surface area contributed by atoms with Crippen LogP contribution < -0.4 is 4.90 Å². The van der Waals surface area contributed by atoms with Gasteiger partial charge in [0.15, 0.2) is 0 Å². The van der Waals surface area contributed by atoms with E-state index in [1.54, 1.807) is 12.4 Å². The first-order valence-corrected chi connectivity index (χ1v) is 6.11. The van der Waals surface area contributed by atoms with Gasteiger partial charge in [-0.25, -0.2) is 9.97 Å². The smallest absolute Gasteiger partial charge is 0.225 e. The van der Waals surface area contributed by atoms with Crippen LogP contribution in [0.25, 0.3) is 0 Å². The third kappa shape index (κ3) is 1.85. The van der Waals surface area contributed by atoms with Crippen LogP contribution in [0, 0.1) is 5.92 Å². The van der Waals surface area contributed by atoms with Crippen LogP contribution in [0.15, 0.2) is 18.5 Å². The predicted octanol–water partition coefficient (Wildman–Crippen LogP) is 0.534. The molecule has 3 heterocycles. The van der Waals surface area contributed by atoms with E-state index in [0.717, 1.165) is 38.4 Å². The number of carbonyl (C=O) groups excluding carboxylic acids is 1. The van der Waals surface area contributed by atoms with E-state index in [-0.39, 0.29) is 0 Å². The van der Waals surface area contributed by atoms with Crippen LogP contribution in [0.2, 0.25) is 0 Å². The SMILES string of the molecule is O=CN1CC[C@H]2CCN(c3ncccn3)[C@H]2C1. The van der Waals surface area contributed by atoms with Crippen molar-refractivity contribution >= 4 is 12.4 Å². The van der Waals surface area contributed by atoms with Gasteiger partial charge in [0.25, 0.3) is 0 Å². The fraction of sp³-hybridized carbons (Fsp3) is 0.583. The molecule has 0 saturated carbocycles. The fourth-order valence-electron chi connectivity index (χ4n) is 2.95. The monoisotopic (exact) mass is 232 g/mol. The molecule has 2 aliphatic heterocycles. The number of amides is 1. The largest absolute Gasteiger partial charge is 0.343 e. The van der Waals surface area contributed by atoms with Gasteiger partial charge in [-0.1, -0.05) is 0 Å². The lowest BCUT2D eigenvalue weighted by atomic mass is 9.92. The van der Waals surface area contributed by atoms with Crippen molar-refractivity contribution in [2.24, 2.45) is 5.92 Å². The summed E-state index contributed by atoms with van der Waals surface area (Å²) in [5, 5.41) is 0. The maximum Gasteiger partial charge on any atom is 0.225 e. The number of aromatic nitrogens is 2. The molecule has 1 aromatic rings. The van der Waals surface area contributed by atoms with E-state index in [0.29, 0.717) is 12.0 Å². The second kappa shape index (κ2) is 4.31. The van der Waals surface area contributed by atoms with Gasteiger partial charge in [-0.05, 0) is 24.8 Å². The second-order valence-electron chi connectivity index (χ2n) is 4.75. The molecule has 0 bridgehead atoms. The third-order valence-electron chi connectivity index (χ3n) is 3.85. The van der Waals surface area contributed by atoms with Gasteiger partial charge in [0, 0.05) is 32.0 Å². The zero-order chi connectivity index (χ0) is 11.7. The molecule has 17 heavy (non-hydrogen) atoms. The summed E-state index contributed by atoms with van der Waals surface area (Å²) in [6, 6.07) is 2.23. The van der Waals surface area contributed by atoms with Crippen LogP contribution >= 0.6 is 0 Å². The van der Waals surface area contributed by atoms with E-state index >= 15 is 0 Å². The number of rotatable bonds is 2. The minimum atomic E-state index is 0.399. The standard InChI is InChI=1S/C12H16N4O/c17-9-15-6-2-10-3-7-16(11(10)8-15)12-13-4-1-5-14-12/h1,4-5,9-11H,2-3,6-8H2/t10-,11-/m0/s1. The van der Waals surface area contributed by atoms with Crippen molar-refractivity contribution in [1.82, 2.24) is 14.9 Å². The highest BCUT2D eigenvalue weighted by molar-refractivity contribution is 5.48. The van der Waals surface area contributed by atoms with Gasteiger partial charge in [0.1, 0.15) is 0 Å². The van der Waals surface area contributed by atoms with Gasteiger partial charge in [0.2, 0.25) is 12.4 Å². The molecule has 0 aromatic carbocycles. The molecule has 0 unspecified atom stereocenters. The molecule has 2 saturated heterocycles. The molecule has 1 aromatic heterocycles. The van der Waals surface area contributed by atoms with Crippen molar-refractivity contribution in [1.29, 1.82) is 0 Å². The molecular weight excluding hydrogens is 216 g/mol. The first-order valence-electron chi connectivity index (χ1n) is 6.11. The lowest BCUT2D eigenvalue weighted by Crippen LogP contribution is -2.48. The van der Waals surface area contributed by atoms with E-state index in [9.17, 15) is 4.79 Å². The molecule has 0 aliphatic carbocycles. The Bertz CT molecular complexity index is 397. The minimum absolute atomic E-state index is 0.399. The number of hydrogen-bond donors (Lipinski definition) is 0. The second-order valence-corrected chi connectivity index (χ2v) is 4.75. The van der Waals surface area contributed by atoms with Gasteiger partial charge in [-0.15, -0.1) is 0 Å². The van der Waals surface area contributed by atoms with E-state index in [2.05, 4.69) is 14.9 Å². The molecule has 0 spiro atoms. The van der Waals surface area contributed by atoms with Gasteiger partial charge < -0.3 is 9.80 Å². The Hall–Kier alpha value is -1.65. The van der Waals surface area contributed by atoms with Crippen LogP contribution in [0.5, 0.6) is 0 Å². The zero-order valence-electron chi connectivity index (χ0n) is 9.70. The summed E-state index contributed by atoms with van der Waals surface area (Å²) in [7, 11) is 0. The lowest BCUT2D eigenvalue weighted by molar-refractivity contribution is -0.119. The van der Waals surface area contributed by atoms with E-state index in [1.807, 2.05) is 11.0 Å². The van der Waals surface area contributed by atoms with Crippen molar-refractivity contribution in [2.45, 2.75) is 18.9 Å². The summed E-state index contributed by atoms with van der Waals surface area (Å²) >= 11 is 0. The van der Waals surface area contributed by atoms with Gasteiger partial charge >= 0.3 is 0 Å². The van der Waals surface area contributed by atoms with Crippen LogP contribution in [-0.2, 0) is 4.79 Å². The first kappa shape index (κ1) is 10.5. The average molecular weight is 232 g/mol. The van der Waals surface area contributed by atoms with E-state index < -0.39 is 0 Å². The van der Waals surface area contributed by atoms with Crippen molar-refractivity contribution < 1.29 is 4.79 Å². The summed E-state index contributed by atoms with van der Waals surface area (Å²) in [4.78, 5) is 23.6. The molecule has 5 heteroatoms. The van der Waals surface area contributed by atoms with Crippen molar-refractivity contribution in [3.63, 3.8) is 0 Å². The highest BCUT2D eigenvalue weighted by Crippen LogP contribution is 2.32. The molecule has 5 nitrogen and oxygen atoms in total. The number of nitrogens with zero attached hydrogens (tertiary/aromatic N) is 4. The van der Waals surface area contributed by atoms with Gasteiger partial charge in [-0.3, -0.25) is 4.79 Å². The van der Waals surface area contributed by atoms with Crippen molar-refractivity contribution in [3.05, 3.63) is 18.5 Å². The first-order chi connectivity index (χ1) is 8.38. The summed E-state index contributed by atoms with van der Waals surface area (Å²) in [5.74, 6) is 1.49. The summed E-state index contributed by atoms with van der Waals surface area (Å²) in [5.41, 5.74) is 0. The van der Waals surface area contributed by atoms with Gasteiger partial charge in [-0.2, -0.15) is 0 Å². The summed E-state index contributed by atoms with van der Waals surface area (Å²) in [6.07, 6.45) is 6.80. The van der Waals surface area contributed by atoms with Gasteiger partial charge in [0.05, 0.1) is 6.04 Å². The number of hydrogen-bond acceptors (Lipinski definition) is 4. The Balaban J connectivity index is 1.81. The molecule has 90 valence electrons. The van der Waals surface area contributed by atoms with Crippen LogP contribution in [0.3, 0.4) is 0 Å². The minimum Gasteiger partial charge on any atom is -0.343 e. The number of anilines is 1. The molecule has 0 N–H and O–H groups in total. The molecular formula is C12H16N4O. The molecule has 2 fully saturated rings. The Labute approximate surface area is 100 Å². The Kier molecular flexibility index (Phi) is 2.66. The molecule has 2 aliphatic rings. The normalized spacial score (nSPS) is 28.0. The maximum absolute atomic E-state index is 10.9. The lowest BCUT2D eigenvalue weighted by Gasteiger charge is -2.36. The summed E-state index contributed by atoms with van der Waals surface area (Å²) in [6.45, 7) is 2.71. The van der Waals surface area contributed by atoms with E-state index in [4.69, 9.17) is 0 Å². The average Bonchev–Trinajstić information content (AvgIpc) is 2.82. The predicted molar refractivity (Wildman–Crippen MR) is 63.5 cm³/mol. The highest BCUT2D eigenvalue weighted by Gasteiger charge is 2.39. The highest BCUT2D eigenvalue weighted by atomic mass is 16.1. The summed E-state index contributed by atoms with van der Waals surface area (Å²) < 4.78 is 0. The fourth-order valence-corrected chi connectivity index (χ4v) is 2.95. The van der Waals surface area contributed by atoms with Crippen molar-refractivity contribution in [2.75, 3.05) is 24.5 Å². The maximum atomic E-state index is 10.9. The molecule has 0 radical (unpaired) electrons. The number of piperidine rings is 1.